The lowest BCUT2D eigenvalue weighted by atomic mass is 9.83. The van der Waals surface area contributed by atoms with Gasteiger partial charge in [-0.15, -0.1) is 24.8 Å². The molecule has 1 aromatic carbocycles. The van der Waals surface area contributed by atoms with Gasteiger partial charge in [0, 0.05) is 32.1 Å². The zero-order valence-corrected chi connectivity index (χ0v) is 19.7. The molecule has 0 aromatic heterocycles. The van der Waals surface area contributed by atoms with E-state index in [2.05, 4.69) is 66.6 Å². The van der Waals surface area contributed by atoms with E-state index in [1.54, 1.807) is 0 Å². The number of carbonyl (C=O) groups is 1. The molecule has 2 aliphatic heterocycles. The van der Waals surface area contributed by atoms with Crippen LogP contribution < -0.4 is 10.6 Å². The SMILES string of the molecule is CC(CC(=O)NC1C(C)CN(Cc2ccccc2)CC1C)C1CCCNC1.Cl.Cl. The third-order valence-electron chi connectivity index (χ3n) is 6.54. The van der Waals surface area contributed by atoms with Crippen LogP contribution >= 0.6 is 24.8 Å². The molecule has 2 N–H and O–H groups in total. The van der Waals surface area contributed by atoms with Crippen LogP contribution in [0, 0.1) is 23.7 Å². The van der Waals surface area contributed by atoms with Gasteiger partial charge in [-0.2, -0.15) is 0 Å². The lowest BCUT2D eigenvalue weighted by Crippen LogP contribution is -2.54. The molecule has 2 aliphatic rings. The van der Waals surface area contributed by atoms with Crippen LogP contribution in [0.4, 0.5) is 0 Å². The van der Waals surface area contributed by atoms with Gasteiger partial charge in [-0.25, -0.2) is 0 Å². The van der Waals surface area contributed by atoms with Gasteiger partial charge >= 0.3 is 0 Å². The average molecular weight is 444 g/mol. The molecule has 29 heavy (non-hydrogen) atoms. The Hall–Kier alpha value is -0.810. The van der Waals surface area contributed by atoms with Crippen molar-refractivity contribution < 1.29 is 4.79 Å². The van der Waals surface area contributed by atoms with Gasteiger partial charge in [0.1, 0.15) is 0 Å². The van der Waals surface area contributed by atoms with Crippen molar-refractivity contribution in [1.29, 1.82) is 0 Å². The summed E-state index contributed by atoms with van der Waals surface area (Å²) in [6, 6.07) is 11.0. The summed E-state index contributed by atoms with van der Waals surface area (Å²) in [6.07, 6.45) is 3.16. The maximum atomic E-state index is 12.7. The van der Waals surface area contributed by atoms with Crippen LogP contribution in [-0.4, -0.2) is 43.0 Å². The Balaban J connectivity index is 0.00000210. The van der Waals surface area contributed by atoms with Crippen LogP contribution in [0.5, 0.6) is 0 Å². The minimum atomic E-state index is 0. The highest BCUT2D eigenvalue weighted by Crippen LogP contribution is 2.25. The van der Waals surface area contributed by atoms with Crippen molar-refractivity contribution in [3.8, 4) is 0 Å². The first-order valence-corrected chi connectivity index (χ1v) is 10.8. The first-order valence-electron chi connectivity index (χ1n) is 10.8. The molecule has 3 rings (SSSR count). The number of likely N-dealkylation sites (tertiary alicyclic amines) is 1. The Bertz CT molecular complexity index is 583. The highest BCUT2D eigenvalue weighted by Gasteiger charge is 2.33. The summed E-state index contributed by atoms with van der Waals surface area (Å²) >= 11 is 0. The predicted octanol–water partition coefficient (Wildman–Crippen LogP) is 4.13. The van der Waals surface area contributed by atoms with E-state index in [-0.39, 0.29) is 30.7 Å². The van der Waals surface area contributed by atoms with Crippen molar-refractivity contribution in [2.45, 2.75) is 52.6 Å². The number of carbonyl (C=O) groups excluding carboxylic acids is 1. The second-order valence-electron chi connectivity index (χ2n) is 9.02. The number of nitrogens with zero attached hydrogens (tertiary/aromatic N) is 1. The highest BCUT2D eigenvalue weighted by molar-refractivity contribution is 5.85. The average Bonchev–Trinajstić information content (AvgIpc) is 2.66. The van der Waals surface area contributed by atoms with Crippen LogP contribution in [-0.2, 0) is 11.3 Å². The number of hydrogen-bond acceptors (Lipinski definition) is 3. The summed E-state index contributed by atoms with van der Waals surface area (Å²) in [7, 11) is 0. The molecule has 2 heterocycles. The van der Waals surface area contributed by atoms with E-state index in [0.29, 0.717) is 36.1 Å². The molecule has 0 aliphatic carbocycles. The Kier molecular flexibility index (Phi) is 11.6. The lowest BCUT2D eigenvalue weighted by molar-refractivity contribution is -0.124. The van der Waals surface area contributed by atoms with Crippen molar-refractivity contribution in [2.75, 3.05) is 26.2 Å². The fourth-order valence-electron chi connectivity index (χ4n) is 5.00. The molecule has 0 spiro atoms. The van der Waals surface area contributed by atoms with Gasteiger partial charge in [-0.05, 0) is 55.2 Å². The zero-order valence-electron chi connectivity index (χ0n) is 18.1. The van der Waals surface area contributed by atoms with Gasteiger partial charge in [0.2, 0.25) is 5.91 Å². The minimum Gasteiger partial charge on any atom is -0.353 e. The van der Waals surface area contributed by atoms with Crippen molar-refractivity contribution >= 4 is 30.7 Å². The van der Waals surface area contributed by atoms with Crippen molar-refractivity contribution in [3.63, 3.8) is 0 Å². The summed E-state index contributed by atoms with van der Waals surface area (Å²) < 4.78 is 0. The Morgan fingerprint density at radius 2 is 1.83 bits per heavy atom. The van der Waals surface area contributed by atoms with Crippen molar-refractivity contribution in [2.24, 2.45) is 23.7 Å². The molecule has 4 atom stereocenters. The largest absolute Gasteiger partial charge is 0.353 e. The number of rotatable bonds is 6. The summed E-state index contributed by atoms with van der Waals surface area (Å²) in [5, 5.41) is 6.86. The molecule has 1 amide bonds. The van der Waals surface area contributed by atoms with E-state index >= 15 is 0 Å². The maximum absolute atomic E-state index is 12.7. The molecule has 2 saturated heterocycles. The van der Waals surface area contributed by atoms with Crippen LogP contribution in [0.3, 0.4) is 0 Å². The number of halogens is 2. The van der Waals surface area contributed by atoms with Gasteiger partial charge in [-0.3, -0.25) is 9.69 Å². The van der Waals surface area contributed by atoms with Crippen LogP contribution in [0.25, 0.3) is 0 Å². The molecular weight excluding hydrogens is 405 g/mol. The molecule has 166 valence electrons. The van der Waals surface area contributed by atoms with E-state index in [4.69, 9.17) is 0 Å². The number of benzene rings is 1. The van der Waals surface area contributed by atoms with Gasteiger partial charge in [-0.1, -0.05) is 51.1 Å². The second kappa shape index (κ2) is 12.8. The first-order chi connectivity index (χ1) is 13.0. The zero-order chi connectivity index (χ0) is 19.2. The molecule has 4 nitrogen and oxygen atoms in total. The first kappa shape index (κ1) is 26.2. The minimum absolute atomic E-state index is 0. The molecule has 6 heteroatoms. The smallest absolute Gasteiger partial charge is 0.220 e. The molecule has 0 saturated carbocycles. The number of amides is 1. The summed E-state index contributed by atoms with van der Waals surface area (Å²) in [4.78, 5) is 15.2. The second-order valence-corrected chi connectivity index (χ2v) is 9.02. The van der Waals surface area contributed by atoms with Crippen LogP contribution in [0.2, 0.25) is 0 Å². The Morgan fingerprint density at radius 1 is 1.17 bits per heavy atom. The number of hydrogen-bond donors (Lipinski definition) is 2. The fraction of sp³-hybridized carbons (Fsp3) is 0.696. The van der Waals surface area contributed by atoms with Gasteiger partial charge in [0.05, 0.1) is 0 Å². The molecule has 0 bridgehead atoms. The summed E-state index contributed by atoms with van der Waals surface area (Å²) in [5.41, 5.74) is 1.37. The predicted molar refractivity (Wildman–Crippen MR) is 126 cm³/mol. The topological polar surface area (TPSA) is 44.4 Å². The van der Waals surface area contributed by atoms with Crippen LogP contribution in [0.15, 0.2) is 30.3 Å². The number of nitrogens with one attached hydrogen (secondary N) is 2. The Labute approximate surface area is 189 Å². The summed E-state index contributed by atoms with van der Waals surface area (Å²) in [6.45, 7) is 12.1. The highest BCUT2D eigenvalue weighted by atomic mass is 35.5. The molecule has 0 radical (unpaired) electrons. The van der Waals surface area contributed by atoms with E-state index in [1.807, 2.05) is 0 Å². The standard InChI is InChI=1S/C23H37N3O.2ClH/c1-17(21-10-7-11-24-13-21)12-22(27)25-23-18(2)14-26(15-19(23)3)16-20-8-5-4-6-9-20;;/h4-6,8-9,17-19,21,23-24H,7,10-16H2,1-3H3,(H,25,27);2*1H. The normalized spacial score (nSPS) is 28.5. The van der Waals surface area contributed by atoms with Gasteiger partial charge in [0.25, 0.3) is 0 Å². The van der Waals surface area contributed by atoms with Crippen LogP contribution in [0.1, 0.15) is 45.6 Å². The van der Waals surface area contributed by atoms with E-state index < -0.39 is 0 Å². The summed E-state index contributed by atoms with van der Waals surface area (Å²) in [5.74, 6) is 2.31. The lowest BCUT2D eigenvalue weighted by Gasteiger charge is -2.42. The third-order valence-corrected chi connectivity index (χ3v) is 6.54. The van der Waals surface area contributed by atoms with Gasteiger partial charge in [0.15, 0.2) is 0 Å². The van der Waals surface area contributed by atoms with Crippen molar-refractivity contribution in [3.05, 3.63) is 35.9 Å². The molecule has 2 fully saturated rings. The number of piperidine rings is 2. The van der Waals surface area contributed by atoms with E-state index in [1.165, 1.54) is 18.4 Å². The maximum Gasteiger partial charge on any atom is 0.220 e. The molecule has 4 unspecified atom stereocenters. The Morgan fingerprint density at radius 3 is 2.41 bits per heavy atom. The van der Waals surface area contributed by atoms with E-state index in [9.17, 15) is 4.79 Å². The quantitative estimate of drug-likeness (QED) is 0.694. The van der Waals surface area contributed by atoms with E-state index in [0.717, 1.165) is 32.7 Å². The molecular formula is C23H39Cl2N3O. The van der Waals surface area contributed by atoms with Crippen molar-refractivity contribution in [1.82, 2.24) is 15.5 Å². The van der Waals surface area contributed by atoms with Gasteiger partial charge < -0.3 is 10.6 Å². The fourth-order valence-corrected chi connectivity index (χ4v) is 5.00. The monoisotopic (exact) mass is 443 g/mol. The third kappa shape index (κ3) is 7.75. The molecule has 1 aromatic rings.